The molecule has 0 spiro atoms. The minimum Gasteiger partial charge on any atom is -0.267 e. The third-order valence-electron chi connectivity index (χ3n) is 4.60. The summed E-state index contributed by atoms with van der Waals surface area (Å²) in [6.45, 7) is 7.16. The molecule has 1 atom stereocenters. The van der Waals surface area contributed by atoms with Crippen molar-refractivity contribution in [3.63, 3.8) is 0 Å². The normalized spacial score (nSPS) is 18.2. The maximum Gasteiger partial charge on any atom is 0.278 e. The van der Waals surface area contributed by atoms with Gasteiger partial charge in [0.1, 0.15) is 0 Å². The van der Waals surface area contributed by atoms with Crippen LogP contribution in [0, 0.1) is 22.7 Å². The van der Waals surface area contributed by atoms with Crippen LogP contribution in [0.15, 0.2) is 4.79 Å². The van der Waals surface area contributed by atoms with Gasteiger partial charge in [0.2, 0.25) is 0 Å². The topological polar surface area (TPSA) is 71.6 Å². The predicted octanol–water partition coefficient (Wildman–Crippen LogP) is 2.92. The average Bonchev–Trinajstić information content (AvgIpc) is 2.84. The van der Waals surface area contributed by atoms with Gasteiger partial charge in [-0.25, -0.2) is 4.68 Å². The minimum atomic E-state index is -0.0908. The molecule has 5 nitrogen and oxygen atoms in total. The van der Waals surface area contributed by atoms with Gasteiger partial charge in [-0.3, -0.25) is 4.79 Å². The van der Waals surface area contributed by atoms with Gasteiger partial charge in [-0.05, 0) is 36.2 Å². The largest absolute Gasteiger partial charge is 0.278 e. The highest BCUT2D eigenvalue weighted by molar-refractivity contribution is 7.18. The molecule has 0 amide bonds. The first-order valence-corrected chi connectivity index (χ1v) is 8.48. The zero-order valence-electron chi connectivity index (χ0n) is 13.2. The SMILES string of the molecule is CC(C)(C)C1CCc2c(sc3nnn(CCC#N)c(=O)c23)C1. The number of fused-ring (bicyclic) bond motifs is 3. The second kappa shape index (κ2) is 5.47. The third-order valence-corrected chi connectivity index (χ3v) is 5.74. The summed E-state index contributed by atoms with van der Waals surface area (Å²) < 4.78 is 1.33. The van der Waals surface area contributed by atoms with Crippen LogP contribution in [0.1, 0.15) is 44.1 Å². The molecule has 0 saturated carbocycles. The van der Waals surface area contributed by atoms with Crippen LogP contribution in [0.2, 0.25) is 0 Å². The Kier molecular flexibility index (Phi) is 3.77. The average molecular weight is 316 g/mol. The molecular formula is C16H20N4OS. The Balaban J connectivity index is 2.05. The predicted molar refractivity (Wildman–Crippen MR) is 86.9 cm³/mol. The Bertz CT molecular complexity index is 806. The third kappa shape index (κ3) is 2.54. The van der Waals surface area contributed by atoms with E-state index in [1.807, 2.05) is 6.07 Å². The molecule has 0 aliphatic heterocycles. The van der Waals surface area contributed by atoms with Crippen molar-refractivity contribution in [2.75, 3.05) is 0 Å². The summed E-state index contributed by atoms with van der Waals surface area (Å²) in [6.07, 6.45) is 3.36. The van der Waals surface area contributed by atoms with E-state index in [1.54, 1.807) is 11.3 Å². The summed E-state index contributed by atoms with van der Waals surface area (Å²) >= 11 is 1.61. The van der Waals surface area contributed by atoms with Crippen molar-refractivity contribution in [3.05, 3.63) is 20.8 Å². The molecule has 0 aromatic carbocycles. The van der Waals surface area contributed by atoms with Gasteiger partial charge in [0.15, 0.2) is 4.83 Å². The van der Waals surface area contributed by atoms with Gasteiger partial charge < -0.3 is 0 Å². The maximum atomic E-state index is 12.6. The Morgan fingerprint density at radius 3 is 2.91 bits per heavy atom. The Hall–Kier alpha value is -1.74. The van der Waals surface area contributed by atoms with Crippen LogP contribution in [0.5, 0.6) is 0 Å². The van der Waals surface area contributed by atoms with E-state index >= 15 is 0 Å². The Labute approximate surface area is 133 Å². The van der Waals surface area contributed by atoms with Crippen LogP contribution in [-0.4, -0.2) is 15.0 Å². The Morgan fingerprint density at radius 1 is 1.45 bits per heavy atom. The number of thiophene rings is 1. The second-order valence-corrected chi connectivity index (χ2v) is 8.10. The molecule has 6 heteroatoms. The van der Waals surface area contributed by atoms with Crippen molar-refractivity contribution >= 4 is 21.6 Å². The number of nitrogens with zero attached hydrogens (tertiary/aromatic N) is 4. The lowest BCUT2D eigenvalue weighted by molar-refractivity contribution is 0.218. The van der Waals surface area contributed by atoms with E-state index in [0.29, 0.717) is 12.5 Å². The van der Waals surface area contributed by atoms with Gasteiger partial charge in [0.25, 0.3) is 5.56 Å². The quantitative estimate of drug-likeness (QED) is 0.854. The van der Waals surface area contributed by atoms with Crippen LogP contribution in [0.25, 0.3) is 10.2 Å². The van der Waals surface area contributed by atoms with Crippen molar-refractivity contribution in [2.45, 2.75) is 53.0 Å². The number of rotatable bonds is 2. The first kappa shape index (κ1) is 15.2. The summed E-state index contributed by atoms with van der Waals surface area (Å²) in [7, 11) is 0. The summed E-state index contributed by atoms with van der Waals surface area (Å²) in [5.74, 6) is 0.641. The zero-order valence-corrected chi connectivity index (χ0v) is 14.0. The Morgan fingerprint density at radius 2 is 2.23 bits per heavy atom. The highest BCUT2D eigenvalue weighted by Crippen LogP contribution is 2.41. The van der Waals surface area contributed by atoms with Gasteiger partial charge >= 0.3 is 0 Å². The molecule has 1 aliphatic carbocycles. The molecule has 0 bridgehead atoms. The molecule has 2 heterocycles. The molecular weight excluding hydrogens is 296 g/mol. The van der Waals surface area contributed by atoms with Gasteiger partial charge in [0, 0.05) is 4.88 Å². The fraction of sp³-hybridized carbons (Fsp3) is 0.625. The molecule has 116 valence electrons. The van der Waals surface area contributed by atoms with Crippen molar-refractivity contribution in [1.82, 2.24) is 15.0 Å². The fourth-order valence-corrected chi connectivity index (χ4v) is 4.40. The van der Waals surface area contributed by atoms with Crippen molar-refractivity contribution in [3.8, 4) is 6.07 Å². The molecule has 3 rings (SSSR count). The zero-order chi connectivity index (χ0) is 15.9. The van der Waals surface area contributed by atoms with Gasteiger partial charge in [0.05, 0.1) is 24.4 Å². The lowest BCUT2D eigenvalue weighted by Crippen LogP contribution is -2.27. The number of hydrogen-bond donors (Lipinski definition) is 0. The van der Waals surface area contributed by atoms with Crippen molar-refractivity contribution in [2.24, 2.45) is 11.3 Å². The number of aromatic nitrogens is 3. The van der Waals surface area contributed by atoms with Crippen LogP contribution >= 0.6 is 11.3 Å². The van der Waals surface area contributed by atoms with E-state index in [4.69, 9.17) is 5.26 Å². The summed E-state index contributed by atoms with van der Waals surface area (Å²) in [4.78, 5) is 14.6. The van der Waals surface area contributed by atoms with E-state index in [9.17, 15) is 4.79 Å². The smallest absolute Gasteiger partial charge is 0.267 e. The molecule has 0 saturated heterocycles. The van der Waals surface area contributed by atoms with E-state index in [2.05, 4.69) is 31.1 Å². The molecule has 1 unspecified atom stereocenters. The van der Waals surface area contributed by atoms with E-state index in [0.717, 1.165) is 29.5 Å². The number of nitriles is 1. The van der Waals surface area contributed by atoms with Crippen LogP contribution in [-0.2, 0) is 19.4 Å². The molecule has 0 radical (unpaired) electrons. The lowest BCUT2D eigenvalue weighted by Gasteiger charge is -2.33. The second-order valence-electron chi connectivity index (χ2n) is 7.02. The molecule has 1 aliphatic rings. The maximum absolute atomic E-state index is 12.6. The van der Waals surface area contributed by atoms with Crippen molar-refractivity contribution in [1.29, 1.82) is 5.26 Å². The first-order valence-electron chi connectivity index (χ1n) is 7.67. The summed E-state index contributed by atoms with van der Waals surface area (Å²) in [5, 5.41) is 17.6. The molecule has 0 fully saturated rings. The molecule has 2 aromatic rings. The highest BCUT2D eigenvalue weighted by atomic mass is 32.1. The first-order chi connectivity index (χ1) is 10.4. The monoisotopic (exact) mass is 316 g/mol. The van der Waals surface area contributed by atoms with Crippen molar-refractivity contribution < 1.29 is 0 Å². The van der Waals surface area contributed by atoms with Crippen LogP contribution in [0.4, 0.5) is 0 Å². The van der Waals surface area contributed by atoms with Crippen LogP contribution < -0.4 is 5.56 Å². The van der Waals surface area contributed by atoms with Gasteiger partial charge in [-0.15, -0.1) is 16.4 Å². The number of hydrogen-bond acceptors (Lipinski definition) is 5. The molecule has 2 aromatic heterocycles. The van der Waals surface area contributed by atoms with Gasteiger partial charge in [-0.2, -0.15) is 5.26 Å². The van der Waals surface area contributed by atoms with E-state index < -0.39 is 0 Å². The molecule has 0 N–H and O–H groups in total. The van der Waals surface area contributed by atoms with E-state index in [-0.39, 0.29) is 17.4 Å². The molecule has 22 heavy (non-hydrogen) atoms. The lowest BCUT2D eigenvalue weighted by atomic mass is 9.72. The highest BCUT2D eigenvalue weighted by Gasteiger charge is 2.31. The summed E-state index contributed by atoms with van der Waals surface area (Å²) in [5.41, 5.74) is 1.37. The van der Waals surface area contributed by atoms with Crippen LogP contribution in [0.3, 0.4) is 0 Å². The number of aryl methyl sites for hydroxylation is 2. The van der Waals surface area contributed by atoms with Gasteiger partial charge in [-0.1, -0.05) is 26.0 Å². The standard InChI is InChI=1S/C16H20N4OS/c1-16(2,3)10-5-6-11-12(9-10)22-14-13(11)15(21)20(19-18-14)8-4-7-17/h10H,4-6,8-9H2,1-3H3. The minimum absolute atomic E-state index is 0.0908. The van der Waals surface area contributed by atoms with E-state index in [1.165, 1.54) is 15.1 Å². The fourth-order valence-electron chi connectivity index (χ4n) is 3.17. The summed E-state index contributed by atoms with van der Waals surface area (Å²) in [6, 6.07) is 2.05.